The standard InChI is InChI=1S/C32H24BN5/c1-36-21-37(20-35-36)23-14-16-27-25-9-3-5-11-29(25)33-28-10-4-2-8-24(28)26-15-13-22(30-12-6-7-17-34-30)18-31(26)38(33)32(27)19-23/h2-20H,21H2,1H3. The molecule has 1 aromatic heterocycles. The number of pyridine rings is 1. The van der Waals surface area contributed by atoms with Gasteiger partial charge in [-0.2, -0.15) is 5.10 Å². The third kappa shape index (κ3) is 3.07. The highest BCUT2D eigenvalue weighted by atomic mass is 15.6. The lowest BCUT2D eigenvalue weighted by atomic mass is 9.43. The Labute approximate surface area is 222 Å². The van der Waals surface area contributed by atoms with Crippen molar-refractivity contribution in [3.8, 4) is 33.5 Å². The number of hydrazone groups is 1. The molecule has 8 rings (SSSR count). The van der Waals surface area contributed by atoms with Gasteiger partial charge in [-0.05, 0) is 52.4 Å². The highest BCUT2D eigenvalue weighted by Crippen LogP contribution is 2.47. The summed E-state index contributed by atoms with van der Waals surface area (Å²) >= 11 is 0. The zero-order valence-electron chi connectivity index (χ0n) is 21.0. The van der Waals surface area contributed by atoms with Crippen molar-refractivity contribution in [3.63, 3.8) is 0 Å². The van der Waals surface area contributed by atoms with Crippen molar-refractivity contribution in [1.82, 2.24) is 9.99 Å². The topological polar surface area (TPSA) is 35.0 Å². The second kappa shape index (κ2) is 8.08. The molecule has 0 saturated carbocycles. The number of nitrogens with zero attached hydrogens (tertiary/aromatic N) is 5. The van der Waals surface area contributed by atoms with Gasteiger partial charge < -0.3 is 9.71 Å². The first-order valence-electron chi connectivity index (χ1n) is 13.0. The van der Waals surface area contributed by atoms with Crippen molar-refractivity contribution in [2.75, 3.05) is 23.4 Å². The van der Waals surface area contributed by atoms with Gasteiger partial charge in [0.2, 0.25) is 0 Å². The quantitative estimate of drug-likeness (QED) is 0.315. The predicted molar refractivity (Wildman–Crippen MR) is 158 cm³/mol. The number of benzene rings is 4. The van der Waals surface area contributed by atoms with Crippen molar-refractivity contribution in [1.29, 1.82) is 0 Å². The summed E-state index contributed by atoms with van der Waals surface area (Å²) < 4.78 is 0. The lowest BCUT2D eigenvalue weighted by molar-refractivity contribution is 0.393. The summed E-state index contributed by atoms with van der Waals surface area (Å²) in [6.07, 6.45) is 3.77. The SMILES string of the molecule is CN1CN(c2ccc3c(c2)N2B(c4ccccc4-c4ccc(-c5ccccn5)cc42)c2ccccc2-3)C=N1. The highest BCUT2D eigenvalue weighted by Gasteiger charge is 2.42. The van der Waals surface area contributed by atoms with Crippen LogP contribution in [0.3, 0.4) is 0 Å². The van der Waals surface area contributed by atoms with Crippen LogP contribution in [0.25, 0.3) is 33.5 Å². The molecule has 6 heteroatoms. The molecule has 0 saturated heterocycles. The molecule has 5 aromatic rings. The molecule has 0 N–H and O–H groups in total. The summed E-state index contributed by atoms with van der Waals surface area (Å²) in [6, 6.07) is 37.4. The normalized spacial score (nSPS) is 14.6. The van der Waals surface area contributed by atoms with Crippen molar-refractivity contribution in [2.24, 2.45) is 5.10 Å². The van der Waals surface area contributed by atoms with Crippen molar-refractivity contribution in [2.45, 2.75) is 0 Å². The van der Waals surface area contributed by atoms with Gasteiger partial charge in [0.05, 0.1) is 5.69 Å². The minimum Gasteiger partial charge on any atom is -0.376 e. The number of rotatable bonds is 2. The molecular formula is C32H24BN5. The van der Waals surface area contributed by atoms with Gasteiger partial charge in [0, 0.05) is 47.0 Å². The maximum atomic E-state index is 4.66. The van der Waals surface area contributed by atoms with Crippen molar-refractivity contribution >= 4 is 41.2 Å². The third-order valence-corrected chi connectivity index (χ3v) is 7.88. The Kier molecular flexibility index (Phi) is 4.52. The van der Waals surface area contributed by atoms with Gasteiger partial charge >= 0.3 is 6.85 Å². The number of aromatic nitrogens is 1. The van der Waals surface area contributed by atoms with E-state index in [2.05, 4.69) is 111 Å². The van der Waals surface area contributed by atoms with Gasteiger partial charge in [-0.3, -0.25) is 9.99 Å². The van der Waals surface area contributed by atoms with Crippen LogP contribution >= 0.6 is 0 Å². The fraction of sp³-hybridized carbons (Fsp3) is 0.0625. The summed E-state index contributed by atoms with van der Waals surface area (Å²) in [5.74, 6) is 0. The first kappa shape index (κ1) is 21.3. The monoisotopic (exact) mass is 489 g/mol. The molecule has 3 aliphatic rings. The fourth-order valence-corrected chi connectivity index (χ4v) is 6.18. The van der Waals surface area contributed by atoms with E-state index in [-0.39, 0.29) is 6.85 Å². The largest absolute Gasteiger partial charge is 0.376 e. The Bertz CT molecular complexity index is 1750. The molecule has 0 aliphatic carbocycles. The summed E-state index contributed by atoms with van der Waals surface area (Å²) in [5, 5.41) is 6.40. The lowest BCUT2D eigenvalue weighted by Crippen LogP contribution is -2.59. The van der Waals surface area contributed by atoms with Crippen LogP contribution in [0.2, 0.25) is 0 Å². The minimum atomic E-state index is 0.0755. The average molecular weight is 489 g/mol. The minimum absolute atomic E-state index is 0.0755. The van der Waals surface area contributed by atoms with Gasteiger partial charge in [-0.15, -0.1) is 0 Å². The molecule has 4 heterocycles. The van der Waals surface area contributed by atoms with Gasteiger partial charge in [0.25, 0.3) is 0 Å². The van der Waals surface area contributed by atoms with E-state index in [4.69, 9.17) is 0 Å². The van der Waals surface area contributed by atoms with Crippen LogP contribution < -0.4 is 20.6 Å². The Morgan fingerprint density at radius 3 is 2.05 bits per heavy atom. The van der Waals surface area contributed by atoms with E-state index < -0.39 is 0 Å². The van der Waals surface area contributed by atoms with Crippen molar-refractivity contribution < 1.29 is 0 Å². The molecule has 0 fully saturated rings. The maximum absolute atomic E-state index is 4.66. The summed E-state index contributed by atoms with van der Waals surface area (Å²) in [7, 11) is 2.00. The number of fused-ring (bicyclic) bond motifs is 11. The Hall–Kier alpha value is -4.84. The Morgan fingerprint density at radius 2 is 1.37 bits per heavy atom. The van der Waals surface area contributed by atoms with E-state index in [1.54, 1.807) is 0 Å². The zero-order chi connectivity index (χ0) is 25.2. The molecule has 3 aliphatic heterocycles. The smallest absolute Gasteiger partial charge is 0.329 e. The zero-order valence-corrected chi connectivity index (χ0v) is 21.0. The van der Waals surface area contributed by atoms with E-state index in [1.807, 2.05) is 36.7 Å². The first-order valence-corrected chi connectivity index (χ1v) is 13.0. The summed E-state index contributed by atoms with van der Waals surface area (Å²) in [6.45, 7) is 0.814. The second-order valence-electron chi connectivity index (χ2n) is 10.1. The van der Waals surface area contributed by atoms with E-state index in [1.165, 1.54) is 44.6 Å². The molecule has 180 valence electrons. The summed E-state index contributed by atoms with van der Waals surface area (Å²) in [4.78, 5) is 9.39. The first-order chi connectivity index (χ1) is 18.8. The van der Waals surface area contributed by atoms with E-state index in [9.17, 15) is 0 Å². The maximum Gasteiger partial charge on any atom is 0.329 e. The van der Waals surface area contributed by atoms with E-state index in [0.717, 1.165) is 23.6 Å². The highest BCUT2D eigenvalue weighted by molar-refractivity contribution is 6.92. The van der Waals surface area contributed by atoms with Crippen LogP contribution in [-0.2, 0) is 0 Å². The molecule has 38 heavy (non-hydrogen) atoms. The fourth-order valence-electron chi connectivity index (χ4n) is 6.18. The van der Waals surface area contributed by atoms with E-state index >= 15 is 0 Å². The number of anilines is 3. The molecule has 0 bridgehead atoms. The van der Waals surface area contributed by atoms with Crippen LogP contribution in [0.1, 0.15) is 0 Å². The number of hydrogen-bond acceptors (Lipinski definition) is 5. The summed E-state index contributed by atoms with van der Waals surface area (Å²) in [5.41, 5.74) is 13.4. The van der Waals surface area contributed by atoms with Gasteiger partial charge in [-0.25, -0.2) is 0 Å². The van der Waals surface area contributed by atoms with Gasteiger partial charge in [0.1, 0.15) is 13.0 Å². The molecule has 4 aromatic carbocycles. The van der Waals surface area contributed by atoms with Crippen LogP contribution in [0.15, 0.2) is 114 Å². The van der Waals surface area contributed by atoms with E-state index in [0.29, 0.717) is 0 Å². The van der Waals surface area contributed by atoms with Gasteiger partial charge in [-0.1, -0.05) is 72.8 Å². The van der Waals surface area contributed by atoms with Gasteiger partial charge in [0.15, 0.2) is 0 Å². The Balaban J connectivity index is 1.41. The molecule has 5 nitrogen and oxygen atoms in total. The van der Waals surface area contributed by atoms with Crippen LogP contribution in [0.4, 0.5) is 17.1 Å². The molecule has 0 radical (unpaired) electrons. The van der Waals surface area contributed by atoms with Crippen LogP contribution in [-0.4, -0.2) is 36.9 Å². The second-order valence-corrected chi connectivity index (χ2v) is 10.1. The van der Waals surface area contributed by atoms with Crippen LogP contribution in [0.5, 0.6) is 0 Å². The number of hydrogen-bond donors (Lipinski definition) is 0. The molecular weight excluding hydrogens is 465 g/mol. The molecule has 0 unspecified atom stereocenters. The lowest BCUT2D eigenvalue weighted by Gasteiger charge is -2.43. The molecule has 0 atom stereocenters. The third-order valence-electron chi connectivity index (χ3n) is 7.88. The Morgan fingerprint density at radius 1 is 0.684 bits per heavy atom. The average Bonchev–Trinajstić information content (AvgIpc) is 3.43. The van der Waals surface area contributed by atoms with Crippen molar-refractivity contribution in [3.05, 3.63) is 109 Å². The molecule has 0 amide bonds. The van der Waals surface area contributed by atoms with Crippen LogP contribution in [0, 0.1) is 0 Å². The predicted octanol–water partition coefficient (Wildman–Crippen LogP) is 5.31. The molecule has 0 spiro atoms.